The molecule has 0 amide bonds. The van der Waals surface area contributed by atoms with Crippen molar-refractivity contribution >= 4 is 18.2 Å². The van der Waals surface area contributed by atoms with Crippen LogP contribution in [0.3, 0.4) is 0 Å². The molecule has 1 fully saturated rings. The molecule has 5 nitrogen and oxygen atoms in total. The zero-order chi connectivity index (χ0) is 18.6. The van der Waals surface area contributed by atoms with Crippen molar-refractivity contribution in [2.45, 2.75) is 25.4 Å². The van der Waals surface area contributed by atoms with E-state index in [9.17, 15) is 4.79 Å². The van der Waals surface area contributed by atoms with Crippen LogP contribution in [0.25, 0.3) is 0 Å². The van der Waals surface area contributed by atoms with Crippen molar-refractivity contribution in [3.63, 3.8) is 0 Å². The maximum absolute atomic E-state index is 12.8. The number of benzene rings is 2. The van der Waals surface area contributed by atoms with E-state index in [-0.39, 0.29) is 24.3 Å². The molecule has 2 heterocycles. The molecule has 0 aliphatic carbocycles. The molecule has 4 rings (SSSR count). The van der Waals surface area contributed by atoms with Gasteiger partial charge in [0.1, 0.15) is 18.5 Å². The summed E-state index contributed by atoms with van der Waals surface area (Å²) in [5.41, 5.74) is 1.22. The first kappa shape index (κ1) is 20.5. The van der Waals surface area contributed by atoms with Crippen LogP contribution in [0.4, 0.5) is 0 Å². The molecule has 1 atom stereocenters. The molecule has 0 spiro atoms. The molecule has 0 radical (unpaired) electrons. The number of halogens is 1. The molecule has 1 saturated heterocycles. The van der Waals surface area contributed by atoms with Crippen LogP contribution in [0.15, 0.2) is 42.5 Å². The molecule has 0 saturated carbocycles. The van der Waals surface area contributed by atoms with Gasteiger partial charge >= 0.3 is 0 Å². The Morgan fingerprint density at radius 2 is 1.75 bits per heavy atom. The third kappa shape index (κ3) is 4.59. The average Bonchev–Trinajstić information content (AvgIpc) is 2.73. The Hall–Kier alpha value is -2.24. The van der Waals surface area contributed by atoms with Gasteiger partial charge in [-0.25, -0.2) is 0 Å². The Labute approximate surface area is 172 Å². The van der Waals surface area contributed by atoms with Crippen molar-refractivity contribution in [3.05, 3.63) is 53.6 Å². The standard InChI is InChI=1S/C22H25NO4.ClH/c1-25-18-8-5-16(6-9-18)22(24)17-7-10-20-21(13-17)27-19(15-26-20)14-23-11-3-2-4-12-23;/h5-10,13,19H,2-4,11-12,14-15H2,1H3;1H. The number of likely N-dealkylation sites (tertiary alicyclic amines) is 1. The summed E-state index contributed by atoms with van der Waals surface area (Å²) in [6, 6.07) is 12.5. The van der Waals surface area contributed by atoms with Crippen molar-refractivity contribution in [3.8, 4) is 17.2 Å². The van der Waals surface area contributed by atoms with Gasteiger partial charge in [0, 0.05) is 17.7 Å². The van der Waals surface area contributed by atoms with Gasteiger partial charge in [0.2, 0.25) is 0 Å². The van der Waals surface area contributed by atoms with Crippen molar-refractivity contribution < 1.29 is 19.0 Å². The number of carbonyl (C=O) groups excluding carboxylic acids is 1. The van der Waals surface area contributed by atoms with Gasteiger partial charge in [-0.1, -0.05) is 6.42 Å². The SMILES string of the molecule is COc1ccc(C(=O)c2ccc3c(c2)OC(CN2CCCCC2)CO3)cc1.Cl. The van der Waals surface area contributed by atoms with Crippen molar-refractivity contribution in [1.82, 2.24) is 4.90 Å². The normalized spacial score (nSPS) is 18.8. The van der Waals surface area contributed by atoms with E-state index in [0.29, 0.717) is 29.2 Å². The van der Waals surface area contributed by atoms with Crippen molar-refractivity contribution in [1.29, 1.82) is 0 Å². The summed E-state index contributed by atoms with van der Waals surface area (Å²) in [6.07, 6.45) is 3.83. The van der Waals surface area contributed by atoms with Crippen LogP contribution in [0, 0.1) is 0 Å². The lowest BCUT2D eigenvalue weighted by molar-refractivity contribution is 0.0532. The number of ether oxygens (including phenoxy) is 3. The first-order valence-corrected chi connectivity index (χ1v) is 9.57. The minimum absolute atomic E-state index is 0. The van der Waals surface area contributed by atoms with E-state index in [1.807, 2.05) is 6.07 Å². The van der Waals surface area contributed by atoms with E-state index in [0.717, 1.165) is 25.4 Å². The predicted octanol–water partition coefficient (Wildman–Crippen LogP) is 3.97. The Balaban J connectivity index is 0.00000225. The number of rotatable bonds is 5. The molecular formula is C22H26ClNO4. The fraction of sp³-hybridized carbons (Fsp3) is 0.409. The topological polar surface area (TPSA) is 48.0 Å². The molecule has 150 valence electrons. The minimum atomic E-state index is -0.0396. The van der Waals surface area contributed by atoms with Gasteiger partial charge in [-0.2, -0.15) is 0 Å². The fourth-order valence-electron chi connectivity index (χ4n) is 3.69. The van der Waals surface area contributed by atoms with Gasteiger partial charge in [-0.3, -0.25) is 9.69 Å². The second kappa shape index (κ2) is 9.30. The molecule has 0 N–H and O–H groups in total. The van der Waals surface area contributed by atoms with E-state index >= 15 is 0 Å². The smallest absolute Gasteiger partial charge is 0.193 e. The van der Waals surface area contributed by atoms with Crippen LogP contribution < -0.4 is 14.2 Å². The van der Waals surface area contributed by atoms with Crippen molar-refractivity contribution in [2.24, 2.45) is 0 Å². The van der Waals surface area contributed by atoms with Crippen LogP contribution in [0.2, 0.25) is 0 Å². The highest BCUT2D eigenvalue weighted by atomic mass is 35.5. The van der Waals surface area contributed by atoms with E-state index in [1.165, 1.54) is 19.3 Å². The maximum Gasteiger partial charge on any atom is 0.193 e. The average molecular weight is 404 g/mol. The summed E-state index contributed by atoms with van der Waals surface area (Å²) in [5.74, 6) is 2.05. The molecule has 6 heteroatoms. The quantitative estimate of drug-likeness (QED) is 0.707. The van der Waals surface area contributed by atoms with Gasteiger partial charge in [-0.15, -0.1) is 12.4 Å². The highest BCUT2D eigenvalue weighted by Crippen LogP contribution is 2.33. The van der Waals surface area contributed by atoms with Gasteiger partial charge in [0.15, 0.2) is 17.3 Å². The summed E-state index contributed by atoms with van der Waals surface area (Å²) in [6.45, 7) is 3.68. The number of hydrogen-bond donors (Lipinski definition) is 0. The lowest BCUT2D eigenvalue weighted by Gasteiger charge is -2.33. The monoisotopic (exact) mass is 403 g/mol. The van der Waals surface area contributed by atoms with Gasteiger partial charge in [0.25, 0.3) is 0 Å². The van der Waals surface area contributed by atoms with E-state index in [2.05, 4.69) is 4.90 Å². The predicted molar refractivity (Wildman–Crippen MR) is 110 cm³/mol. The number of piperidine rings is 1. The number of ketones is 1. The lowest BCUT2D eigenvalue weighted by Crippen LogP contribution is -2.43. The number of hydrogen-bond acceptors (Lipinski definition) is 5. The third-order valence-electron chi connectivity index (χ3n) is 5.19. The van der Waals surface area contributed by atoms with Crippen LogP contribution in [-0.2, 0) is 0 Å². The van der Waals surface area contributed by atoms with Crippen LogP contribution in [0.5, 0.6) is 17.2 Å². The molecule has 2 aromatic rings. The Morgan fingerprint density at radius 3 is 2.46 bits per heavy atom. The summed E-state index contributed by atoms with van der Waals surface area (Å²) in [7, 11) is 1.61. The molecule has 0 aromatic heterocycles. The highest BCUT2D eigenvalue weighted by Gasteiger charge is 2.25. The third-order valence-corrected chi connectivity index (χ3v) is 5.19. The number of nitrogens with zero attached hydrogens (tertiary/aromatic N) is 1. The lowest BCUT2D eigenvalue weighted by atomic mass is 10.0. The molecule has 2 aliphatic heterocycles. The molecular weight excluding hydrogens is 378 g/mol. The summed E-state index contributed by atoms with van der Waals surface area (Å²) in [4.78, 5) is 15.2. The first-order valence-electron chi connectivity index (χ1n) is 9.57. The number of fused-ring (bicyclic) bond motifs is 1. The molecule has 2 aliphatic rings. The second-order valence-electron chi connectivity index (χ2n) is 7.13. The Morgan fingerprint density at radius 1 is 1.04 bits per heavy atom. The minimum Gasteiger partial charge on any atom is -0.497 e. The van der Waals surface area contributed by atoms with E-state index < -0.39 is 0 Å². The summed E-state index contributed by atoms with van der Waals surface area (Å²) < 4.78 is 17.2. The number of carbonyl (C=O) groups is 1. The molecule has 1 unspecified atom stereocenters. The van der Waals surface area contributed by atoms with Crippen LogP contribution in [-0.4, -0.2) is 50.1 Å². The van der Waals surface area contributed by atoms with Gasteiger partial charge < -0.3 is 14.2 Å². The van der Waals surface area contributed by atoms with Gasteiger partial charge in [0.05, 0.1) is 7.11 Å². The van der Waals surface area contributed by atoms with Gasteiger partial charge in [-0.05, 0) is 68.4 Å². The molecule has 0 bridgehead atoms. The zero-order valence-electron chi connectivity index (χ0n) is 16.1. The summed E-state index contributed by atoms with van der Waals surface area (Å²) >= 11 is 0. The van der Waals surface area contributed by atoms with E-state index in [4.69, 9.17) is 14.2 Å². The van der Waals surface area contributed by atoms with Crippen LogP contribution >= 0.6 is 12.4 Å². The summed E-state index contributed by atoms with van der Waals surface area (Å²) in [5, 5.41) is 0. The molecule has 28 heavy (non-hydrogen) atoms. The maximum atomic E-state index is 12.8. The van der Waals surface area contributed by atoms with E-state index in [1.54, 1.807) is 43.5 Å². The fourth-order valence-corrected chi connectivity index (χ4v) is 3.69. The Kier molecular flexibility index (Phi) is 6.81. The first-order chi connectivity index (χ1) is 13.2. The molecule has 2 aromatic carbocycles. The Bertz CT molecular complexity index is 803. The van der Waals surface area contributed by atoms with Crippen LogP contribution in [0.1, 0.15) is 35.2 Å². The van der Waals surface area contributed by atoms with Crippen molar-refractivity contribution in [2.75, 3.05) is 33.4 Å². The largest absolute Gasteiger partial charge is 0.497 e. The number of methoxy groups -OCH3 is 1. The second-order valence-corrected chi connectivity index (χ2v) is 7.13. The zero-order valence-corrected chi connectivity index (χ0v) is 16.9. The highest BCUT2D eigenvalue weighted by molar-refractivity contribution is 6.09.